The number of amides is 2. The highest BCUT2D eigenvalue weighted by Gasteiger charge is 2.14. The highest BCUT2D eigenvalue weighted by Crippen LogP contribution is 2.34. The highest BCUT2D eigenvalue weighted by atomic mass is 127. The highest BCUT2D eigenvalue weighted by molar-refractivity contribution is 14.1. The van der Waals surface area contributed by atoms with Gasteiger partial charge >= 0.3 is 0 Å². The van der Waals surface area contributed by atoms with E-state index < -0.39 is 11.8 Å². The predicted molar refractivity (Wildman–Crippen MR) is 102 cm³/mol. The number of benzene rings is 1. The molecule has 2 aromatic rings. The molecule has 2 N–H and O–H groups in total. The fourth-order valence-corrected chi connectivity index (χ4v) is 3.11. The lowest BCUT2D eigenvalue weighted by atomic mass is 10.2. The van der Waals surface area contributed by atoms with Crippen LogP contribution < -0.4 is 15.6 Å². The Morgan fingerprint density at radius 1 is 1.28 bits per heavy atom. The first-order valence-electron chi connectivity index (χ1n) is 7.54. The van der Waals surface area contributed by atoms with E-state index >= 15 is 0 Å². The lowest BCUT2D eigenvalue weighted by Gasteiger charge is -2.12. The van der Waals surface area contributed by atoms with Gasteiger partial charge < -0.3 is 9.47 Å². The molecule has 2 rings (SSSR count). The van der Waals surface area contributed by atoms with Crippen LogP contribution in [0.3, 0.4) is 0 Å². The standard InChI is InChI=1S/C16H17ClIN3O4/c1-2-6-24-8-13(22)20-21-14(23)9-25-16-12(18)7-11(17)10-4-3-5-19-15(10)16/h3-5,7H,2,6,8-9H2,1H3,(H,20,22)(H,21,23). The van der Waals surface area contributed by atoms with E-state index in [2.05, 4.69) is 38.4 Å². The molecule has 0 aliphatic carbocycles. The van der Waals surface area contributed by atoms with E-state index in [1.54, 1.807) is 18.3 Å². The third-order valence-corrected chi connectivity index (χ3v) is 4.14. The zero-order valence-corrected chi connectivity index (χ0v) is 16.4. The number of carbonyl (C=O) groups is 2. The molecular formula is C16H17ClIN3O4. The van der Waals surface area contributed by atoms with Gasteiger partial charge in [0.2, 0.25) is 0 Å². The maximum atomic E-state index is 11.8. The van der Waals surface area contributed by atoms with Crippen LogP contribution in [0.25, 0.3) is 10.9 Å². The van der Waals surface area contributed by atoms with E-state index in [4.69, 9.17) is 21.1 Å². The molecule has 134 valence electrons. The third kappa shape index (κ3) is 5.68. The average Bonchev–Trinajstić information content (AvgIpc) is 2.60. The van der Waals surface area contributed by atoms with E-state index in [0.29, 0.717) is 22.9 Å². The van der Waals surface area contributed by atoms with Crippen molar-refractivity contribution in [3.8, 4) is 5.75 Å². The fraction of sp³-hybridized carbons (Fsp3) is 0.312. The Kier molecular flexibility index (Phi) is 7.66. The maximum Gasteiger partial charge on any atom is 0.276 e. The van der Waals surface area contributed by atoms with Gasteiger partial charge in [-0.15, -0.1) is 0 Å². The lowest BCUT2D eigenvalue weighted by molar-refractivity contribution is -0.132. The molecule has 0 atom stereocenters. The van der Waals surface area contributed by atoms with Crippen molar-refractivity contribution >= 4 is 56.9 Å². The summed E-state index contributed by atoms with van der Waals surface area (Å²) in [4.78, 5) is 27.5. The smallest absolute Gasteiger partial charge is 0.276 e. The minimum Gasteiger partial charge on any atom is -0.480 e. The molecule has 0 aliphatic rings. The largest absolute Gasteiger partial charge is 0.480 e. The number of nitrogens with one attached hydrogen (secondary N) is 2. The van der Waals surface area contributed by atoms with Crippen molar-refractivity contribution in [2.24, 2.45) is 0 Å². The molecule has 0 bridgehead atoms. The van der Waals surface area contributed by atoms with Gasteiger partial charge in [0.25, 0.3) is 11.8 Å². The first kappa shape index (κ1) is 19.7. The monoisotopic (exact) mass is 477 g/mol. The van der Waals surface area contributed by atoms with Gasteiger partial charge in [-0.25, -0.2) is 0 Å². The Hall–Kier alpha value is -1.65. The second kappa shape index (κ2) is 9.73. The Balaban J connectivity index is 1.92. The molecule has 1 aromatic carbocycles. The number of hydrogen-bond acceptors (Lipinski definition) is 5. The number of carbonyl (C=O) groups excluding carboxylic acids is 2. The molecule has 0 spiro atoms. The number of hydrazine groups is 1. The second-order valence-electron chi connectivity index (χ2n) is 5.01. The van der Waals surface area contributed by atoms with Crippen molar-refractivity contribution in [1.82, 2.24) is 15.8 Å². The topological polar surface area (TPSA) is 89.6 Å². The van der Waals surface area contributed by atoms with Crippen LogP contribution in [0.1, 0.15) is 13.3 Å². The first-order chi connectivity index (χ1) is 12.0. The van der Waals surface area contributed by atoms with Crippen LogP contribution >= 0.6 is 34.2 Å². The molecule has 0 saturated carbocycles. The van der Waals surface area contributed by atoms with Crippen LogP contribution in [0.4, 0.5) is 0 Å². The second-order valence-corrected chi connectivity index (χ2v) is 6.58. The summed E-state index contributed by atoms with van der Waals surface area (Å²) >= 11 is 8.26. The van der Waals surface area contributed by atoms with Gasteiger partial charge in [-0.3, -0.25) is 25.4 Å². The molecule has 25 heavy (non-hydrogen) atoms. The number of aromatic nitrogens is 1. The molecule has 0 aliphatic heterocycles. The summed E-state index contributed by atoms with van der Waals surface area (Å²) in [7, 11) is 0. The summed E-state index contributed by atoms with van der Waals surface area (Å²) in [6.45, 7) is 2.03. The molecule has 1 aromatic heterocycles. The van der Waals surface area contributed by atoms with E-state index in [1.165, 1.54) is 0 Å². The van der Waals surface area contributed by atoms with Gasteiger partial charge in [0.1, 0.15) is 12.1 Å². The van der Waals surface area contributed by atoms with Gasteiger partial charge in [0.15, 0.2) is 12.4 Å². The maximum absolute atomic E-state index is 11.8. The minimum absolute atomic E-state index is 0.112. The quantitative estimate of drug-likeness (QED) is 0.363. The van der Waals surface area contributed by atoms with Crippen molar-refractivity contribution in [2.75, 3.05) is 19.8 Å². The normalized spacial score (nSPS) is 10.5. The molecule has 0 unspecified atom stereocenters. The van der Waals surface area contributed by atoms with Crippen molar-refractivity contribution in [2.45, 2.75) is 13.3 Å². The number of hydrogen-bond donors (Lipinski definition) is 2. The first-order valence-corrected chi connectivity index (χ1v) is 8.99. The van der Waals surface area contributed by atoms with Crippen LogP contribution in [-0.4, -0.2) is 36.6 Å². The summed E-state index contributed by atoms with van der Waals surface area (Å²) < 4.78 is 11.4. The van der Waals surface area contributed by atoms with Crippen LogP contribution in [0.2, 0.25) is 5.02 Å². The average molecular weight is 478 g/mol. The van der Waals surface area contributed by atoms with Crippen molar-refractivity contribution < 1.29 is 19.1 Å². The van der Waals surface area contributed by atoms with Gasteiger partial charge in [-0.2, -0.15) is 0 Å². The van der Waals surface area contributed by atoms with Crippen LogP contribution in [0.15, 0.2) is 24.4 Å². The Morgan fingerprint density at radius 2 is 2.00 bits per heavy atom. The lowest BCUT2D eigenvalue weighted by Crippen LogP contribution is -2.45. The Labute approximate surface area is 163 Å². The molecular weight excluding hydrogens is 461 g/mol. The molecule has 9 heteroatoms. The summed E-state index contributed by atoms with van der Waals surface area (Å²) in [5.41, 5.74) is 5.10. The van der Waals surface area contributed by atoms with Gasteiger partial charge in [0.05, 0.1) is 8.59 Å². The number of fused-ring (bicyclic) bond motifs is 1. The van der Waals surface area contributed by atoms with Crippen LogP contribution in [-0.2, 0) is 14.3 Å². The number of halogens is 2. The molecule has 0 fully saturated rings. The van der Waals surface area contributed by atoms with Crippen molar-refractivity contribution in [1.29, 1.82) is 0 Å². The number of ether oxygens (including phenoxy) is 2. The van der Waals surface area contributed by atoms with E-state index in [0.717, 1.165) is 15.4 Å². The van der Waals surface area contributed by atoms with E-state index in [9.17, 15) is 9.59 Å². The zero-order chi connectivity index (χ0) is 18.2. The zero-order valence-electron chi connectivity index (χ0n) is 13.5. The van der Waals surface area contributed by atoms with Gasteiger partial charge in [0, 0.05) is 18.2 Å². The fourth-order valence-electron chi connectivity index (χ4n) is 1.94. The van der Waals surface area contributed by atoms with Crippen LogP contribution in [0.5, 0.6) is 5.75 Å². The molecule has 0 saturated heterocycles. The SMILES string of the molecule is CCCOCC(=O)NNC(=O)COc1c(I)cc(Cl)c2cccnc12. The van der Waals surface area contributed by atoms with Crippen molar-refractivity contribution in [3.05, 3.63) is 33.0 Å². The van der Waals surface area contributed by atoms with E-state index in [-0.39, 0.29) is 13.2 Å². The number of nitrogens with zero attached hydrogens (tertiary/aromatic N) is 1. The summed E-state index contributed by atoms with van der Waals surface area (Å²) in [5.74, 6) is -0.470. The summed E-state index contributed by atoms with van der Waals surface area (Å²) in [6, 6.07) is 5.34. The number of pyridine rings is 1. The minimum atomic E-state index is -0.501. The predicted octanol–water partition coefficient (Wildman–Crippen LogP) is 2.45. The Bertz CT molecular complexity index is 772. The Morgan fingerprint density at radius 3 is 2.72 bits per heavy atom. The molecule has 0 radical (unpaired) electrons. The summed E-state index contributed by atoms with van der Waals surface area (Å²) in [5, 5.41) is 1.30. The molecule has 7 nitrogen and oxygen atoms in total. The summed E-state index contributed by atoms with van der Waals surface area (Å²) in [6.07, 6.45) is 2.44. The van der Waals surface area contributed by atoms with Gasteiger partial charge in [-0.05, 0) is 47.2 Å². The van der Waals surface area contributed by atoms with Gasteiger partial charge in [-0.1, -0.05) is 18.5 Å². The third-order valence-electron chi connectivity index (χ3n) is 3.02. The van der Waals surface area contributed by atoms with Crippen LogP contribution in [0, 0.1) is 3.57 Å². The molecule has 2 amide bonds. The molecule has 1 heterocycles. The van der Waals surface area contributed by atoms with E-state index in [1.807, 2.05) is 13.0 Å². The number of rotatable bonds is 7. The van der Waals surface area contributed by atoms with Crippen molar-refractivity contribution in [3.63, 3.8) is 0 Å².